The Morgan fingerprint density at radius 2 is 1.64 bits per heavy atom. The molecule has 0 spiro atoms. The van der Waals surface area contributed by atoms with Crippen LogP contribution in [0.25, 0.3) is 17.1 Å². The number of likely N-dealkylation sites (tertiary alicyclic amines) is 1. The smallest absolute Gasteiger partial charge is 0.235 e. The van der Waals surface area contributed by atoms with Crippen LogP contribution in [0.15, 0.2) is 53.7 Å². The number of rotatable bonds is 7. The first-order chi connectivity index (χ1) is 16.1. The summed E-state index contributed by atoms with van der Waals surface area (Å²) in [7, 11) is 3.23. The van der Waals surface area contributed by atoms with E-state index in [0.717, 1.165) is 37.2 Å². The fourth-order valence-electron chi connectivity index (χ4n) is 4.07. The third kappa shape index (κ3) is 5.16. The van der Waals surface area contributed by atoms with Gasteiger partial charge in [-0.3, -0.25) is 9.36 Å². The second-order valence-electron chi connectivity index (χ2n) is 8.05. The van der Waals surface area contributed by atoms with E-state index >= 15 is 0 Å². The van der Waals surface area contributed by atoms with Crippen LogP contribution in [0.4, 0.5) is 0 Å². The highest BCUT2D eigenvalue weighted by molar-refractivity contribution is 8.00. The van der Waals surface area contributed by atoms with Crippen molar-refractivity contribution < 1.29 is 14.3 Å². The van der Waals surface area contributed by atoms with Crippen LogP contribution in [0.5, 0.6) is 11.5 Å². The zero-order valence-corrected chi connectivity index (χ0v) is 20.2. The van der Waals surface area contributed by atoms with Gasteiger partial charge in [-0.15, -0.1) is 10.2 Å². The fraction of sp³-hybridized carbons (Fsp3) is 0.400. The molecule has 33 heavy (non-hydrogen) atoms. The standard InChI is InChI=1S/C25H30N4O3S/c1-18(24(30)28-15-9-4-5-10-16-28)33-25-27-26-23(19-11-7-6-8-12-19)29(25)20-13-14-21(31-2)22(17-20)32-3/h6-8,11-14,17-18H,4-5,9-10,15-16H2,1-3H3/t18-/m0/s1. The van der Waals surface area contributed by atoms with Crippen molar-refractivity contribution in [2.24, 2.45) is 0 Å². The summed E-state index contributed by atoms with van der Waals surface area (Å²) in [6.45, 7) is 3.62. The van der Waals surface area contributed by atoms with Gasteiger partial charge in [0.2, 0.25) is 5.91 Å². The highest BCUT2D eigenvalue weighted by Crippen LogP contribution is 2.35. The van der Waals surface area contributed by atoms with Gasteiger partial charge in [0.25, 0.3) is 0 Å². The number of methoxy groups -OCH3 is 2. The zero-order chi connectivity index (χ0) is 23.2. The van der Waals surface area contributed by atoms with E-state index in [4.69, 9.17) is 9.47 Å². The summed E-state index contributed by atoms with van der Waals surface area (Å²) in [5, 5.41) is 9.38. The zero-order valence-electron chi connectivity index (χ0n) is 19.4. The number of hydrogen-bond acceptors (Lipinski definition) is 6. The molecule has 0 bridgehead atoms. The molecular formula is C25H30N4O3S. The lowest BCUT2D eigenvalue weighted by atomic mass is 10.2. The number of hydrogen-bond donors (Lipinski definition) is 0. The van der Waals surface area contributed by atoms with Crippen LogP contribution < -0.4 is 9.47 Å². The van der Waals surface area contributed by atoms with E-state index in [9.17, 15) is 4.79 Å². The number of carbonyl (C=O) groups excluding carboxylic acids is 1. The monoisotopic (exact) mass is 466 g/mol. The molecule has 1 aromatic heterocycles. The Balaban J connectivity index is 1.70. The molecular weight excluding hydrogens is 436 g/mol. The van der Waals surface area contributed by atoms with E-state index in [-0.39, 0.29) is 11.2 Å². The molecule has 1 fully saturated rings. The summed E-state index contributed by atoms with van der Waals surface area (Å²) in [4.78, 5) is 15.2. The Labute approximate surface area is 199 Å². The summed E-state index contributed by atoms with van der Waals surface area (Å²) in [6.07, 6.45) is 4.53. The van der Waals surface area contributed by atoms with E-state index in [1.54, 1.807) is 14.2 Å². The SMILES string of the molecule is COc1ccc(-n2c(S[C@@H](C)C(=O)N3CCCCCC3)nnc2-c2ccccc2)cc1OC. The quantitative estimate of drug-likeness (QED) is 0.465. The fourth-order valence-corrected chi connectivity index (χ4v) is 5.03. The van der Waals surface area contributed by atoms with Gasteiger partial charge in [0.05, 0.1) is 25.2 Å². The molecule has 4 rings (SSSR count). The van der Waals surface area contributed by atoms with Gasteiger partial charge in [-0.1, -0.05) is 54.9 Å². The van der Waals surface area contributed by atoms with Crippen LogP contribution in [0.2, 0.25) is 0 Å². The highest BCUT2D eigenvalue weighted by atomic mass is 32.2. The van der Waals surface area contributed by atoms with E-state index in [1.807, 2.05) is 64.9 Å². The third-order valence-electron chi connectivity index (χ3n) is 5.84. The van der Waals surface area contributed by atoms with E-state index < -0.39 is 0 Å². The van der Waals surface area contributed by atoms with Gasteiger partial charge >= 0.3 is 0 Å². The molecule has 0 unspecified atom stereocenters. The maximum atomic E-state index is 13.2. The minimum Gasteiger partial charge on any atom is -0.493 e. The third-order valence-corrected chi connectivity index (χ3v) is 6.87. The van der Waals surface area contributed by atoms with Gasteiger partial charge < -0.3 is 14.4 Å². The summed E-state index contributed by atoms with van der Waals surface area (Å²) in [5.41, 5.74) is 1.78. The number of thioether (sulfide) groups is 1. The summed E-state index contributed by atoms with van der Waals surface area (Å²) >= 11 is 1.44. The van der Waals surface area contributed by atoms with Gasteiger partial charge in [-0.25, -0.2) is 0 Å². The lowest BCUT2D eigenvalue weighted by Gasteiger charge is -2.23. The van der Waals surface area contributed by atoms with Crippen LogP contribution in [-0.4, -0.2) is 58.1 Å². The van der Waals surface area contributed by atoms with E-state index in [1.165, 1.54) is 24.6 Å². The Morgan fingerprint density at radius 1 is 0.939 bits per heavy atom. The van der Waals surface area contributed by atoms with Crippen LogP contribution in [0.3, 0.4) is 0 Å². The topological polar surface area (TPSA) is 69.5 Å². The first-order valence-corrected chi connectivity index (χ1v) is 12.2. The number of carbonyl (C=O) groups is 1. The average molecular weight is 467 g/mol. The Morgan fingerprint density at radius 3 is 2.30 bits per heavy atom. The minimum absolute atomic E-state index is 0.157. The van der Waals surface area contributed by atoms with Crippen molar-refractivity contribution in [3.05, 3.63) is 48.5 Å². The number of nitrogens with zero attached hydrogens (tertiary/aromatic N) is 4. The molecule has 2 heterocycles. The molecule has 0 radical (unpaired) electrons. The summed E-state index contributed by atoms with van der Waals surface area (Å²) < 4.78 is 12.9. The Bertz CT molecular complexity index is 1080. The van der Waals surface area contributed by atoms with E-state index in [0.29, 0.717) is 22.5 Å². The predicted octanol–water partition coefficient (Wildman–Crippen LogP) is 4.83. The molecule has 8 heteroatoms. The van der Waals surface area contributed by atoms with Crippen molar-refractivity contribution >= 4 is 17.7 Å². The molecule has 0 N–H and O–H groups in total. The van der Waals surface area contributed by atoms with Crippen LogP contribution in [0.1, 0.15) is 32.6 Å². The molecule has 3 aromatic rings. The molecule has 1 atom stereocenters. The molecule has 0 saturated carbocycles. The van der Waals surface area contributed by atoms with Crippen molar-refractivity contribution in [1.29, 1.82) is 0 Å². The molecule has 1 aliphatic heterocycles. The first kappa shape index (κ1) is 23.2. The normalized spacial score (nSPS) is 15.1. The molecule has 2 aromatic carbocycles. The lowest BCUT2D eigenvalue weighted by Crippen LogP contribution is -2.37. The van der Waals surface area contributed by atoms with Crippen LogP contribution in [0, 0.1) is 0 Å². The Hall–Kier alpha value is -3.00. The van der Waals surface area contributed by atoms with Crippen molar-refractivity contribution in [2.45, 2.75) is 43.0 Å². The molecule has 0 aliphatic carbocycles. The highest BCUT2D eigenvalue weighted by Gasteiger charge is 2.26. The first-order valence-electron chi connectivity index (χ1n) is 11.3. The second-order valence-corrected chi connectivity index (χ2v) is 9.35. The summed E-state index contributed by atoms with van der Waals surface area (Å²) in [6, 6.07) is 15.6. The van der Waals surface area contributed by atoms with Crippen molar-refractivity contribution in [2.75, 3.05) is 27.3 Å². The predicted molar refractivity (Wildman–Crippen MR) is 130 cm³/mol. The Kier molecular flexibility index (Phi) is 7.54. The van der Waals surface area contributed by atoms with Gasteiger partial charge in [0.1, 0.15) is 0 Å². The lowest BCUT2D eigenvalue weighted by molar-refractivity contribution is -0.130. The molecule has 1 amide bonds. The van der Waals surface area contributed by atoms with Crippen LogP contribution >= 0.6 is 11.8 Å². The van der Waals surface area contributed by atoms with Gasteiger partial charge in [0.15, 0.2) is 22.5 Å². The average Bonchev–Trinajstić information content (AvgIpc) is 3.08. The minimum atomic E-state index is -0.269. The van der Waals surface area contributed by atoms with Gasteiger partial charge in [0, 0.05) is 24.7 Å². The number of benzene rings is 2. The number of amides is 1. The van der Waals surface area contributed by atoms with Gasteiger partial charge in [-0.05, 0) is 31.9 Å². The maximum absolute atomic E-state index is 13.2. The van der Waals surface area contributed by atoms with E-state index in [2.05, 4.69) is 10.2 Å². The van der Waals surface area contributed by atoms with Crippen LogP contribution in [-0.2, 0) is 4.79 Å². The second kappa shape index (κ2) is 10.7. The molecule has 174 valence electrons. The van der Waals surface area contributed by atoms with Crippen molar-refractivity contribution in [3.63, 3.8) is 0 Å². The molecule has 1 aliphatic rings. The van der Waals surface area contributed by atoms with Crippen molar-refractivity contribution in [3.8, 4) is 28.6 Å². The van der Waals surface area contributed by atoms with Gasteiger partial charge in [-0.2, -0.15) is 0 Å². The molecule has 7 nitrogen and oxygen atoms in total. The largest absolute Gasteiger partial charge is 0.493 e. The van der Waals surface area contributed by atoms with Crippen molar-refractivity contribution in [1.82, 2.24) is 19.7 Å². The number of aromatic nitrogens is 3. The summed E-state index contributed by atoms with van der Waals surface area (Å²) in [5.74, 6) is 2.13. The number of ether oxygens (including phenoxy) is 2. The molecule has 1 saturated heterocycles. The maximum Gasteiger partial charge on any atom is 0.235 e.